The fourth-order valence-electron chi connectivity index (χ4n) is 5.60. The van der Waals surface area contributed by atoms with Crippen LogP contribution in [-0.2, 0) is 18.4 Å². The van der Waals surface area contributed by atoms with Gasteiger partial charge in [0.05, 0.1) is 27.7 Å². The molecule has 0 radical (unpaired) electrons. The zero-order chi connectivity index (χ0) is 33.4. The van der Waals surface area contributed by atoms with E-state index in [1.807, 2.05) is 98.0 Å². The minimum absolute atomic E-state index is 0.244. The first kappa shape index (κ1) is 31.2. The van der Waals surface area contributed by atoms with Gasteiger partial charge in [-0.25, -0.2) is 9.36 Å². The van der Waals surface area contributed by atoms with Gasteiger partial charge in [-0.2, -0.15) is 5.10 Å². The number of amides is 1. The largest absolute Gasteiger partial charge is 0.489 e. The smallest absolute Gasteiger partial charge is 0.296 e. The Bertz CT molecular complexity index is 2230. The van der Waals surface area contributed by atoms with Gasteiger partial charge < -0.3 is 4.74 Å². The van der Waals surface area contributed by atoms with E-state index in [9.17, 15) is 9.59 Å². The van der Waals surface area contributed by atoms with Crippen molar-refractivity contribution in [2.45, 2.75) is 20.5 Å². The minimum atomic E-state index is -0.353. The third kappa shape index (κ3) is 5.92. The van der Waals surface area contributed by atoms with Crippen LogP contribution < -0.4 is 15.2 Å². The molecule has 2 aromatic heterocycles. The van der Waals surface area contributed by atoms with Crippen LogP contribution in [0.2, 0.25) is 0 Å². The highest BCUT2D eigenvalue weighted by Gasteiger charge is 2.38. The summed E-state index contributed by atoms with van der Waals surface area (Å²) in [5, 5.41) is 4.93. The van der Waals surface area contributed by atoms with Crippen LogP contribution in [0.1, 0.15) is 22.4 Å². The van der Waals surface area contributed by atoms with Crippen LogP contribution in [0, 0.1) is 13.8 Å². The maximum absolute atomic E-state index is 14.0. The summed E-state index contributed by atoms with van der Waals surface area (Å²) in [6.07, 6.45) is 3.70. The Morgan fingerprint density at radius 2 is 1.48 bits per heavy atom. The Balaban J connectivity index is 1.22. The minimum Gasteiger partial charge on any atom is -0.489 e. The SMILES string of the molecule is Cc1ccc(COc2ccc(-c3nn(-c4ccccc4)cc3C=C3SC(=S)N(c4c(C)n(C)n(-c5ccccc5)c4=O)C3=O)cc2)cc1. The molecule has 0 spiro atoms. The number of carbonyl (C=O) groups excluding carboxylic acids is 1. The lowest BCUT2D eigenvalue weighted by molar-refractivity contribution is -0.113. The van der Waals surface area contributed by atoms with Crippen molar-refractivity contribution in [3.8, 4) is 28.4 Å². The van der Waals surface area contributed by atoms with Crippen LogP contribution in [-0.4, -0.2) is 29.4 Å². The maximum Gasteiger partial charge on any atom is 0.296 e. The molecular weight excluding hydrogens is 639 g/mol. The molecule has 10 heteroatoms. The lowest BCUT2D eigenvalue weighted by atomic mass is 10.1. The van der Waals surface area contributed by atoms with E-state index in [1.54, 1.807) is 27.2 Å². The third-order valence-corrected chi connectivity index (χ3v) is 9.55. The lowest BCUT2D eigenvalue weighted by Gasteiger charge is -2.12. The predicted octanol–water partition coefficient (Wildman–Crippen LogP) is 7.63. The highest BCUT2D eigenvalue weighted by Crippen LogP contribution is 2.38. The second-order valence-electron chi connectivity index (χ2n) is 11.4. The highest BCUT2D eigenvalue weighted by molar-refractivity contribution is 8.27. The number of anilines is 1. The van der Waals surface area contributed by atoms with Crippen molar-refractivity contribution in [2.75, 3.05) is 4.90 Å². The summed E-state index contributed by atoms with van der Waals surface area (Å²) in [6, 6.07) is 35.2. The summed E-state index contributed by atoms with van der Waals surface area (Å²) >= 11 is 6.88. The average molecular weight is 670 g/mol. The Morgan fingerprint density at radius 1 is 0.833 bits per heavy atom. The number of ether oxygens (including phenoxy) is 1. The van der Waals surface area contributed by atoms with Gasteiger partial charge in [0, 0.05) is 24.4 Å². The molecule has 0 atom stereocenters. The summed E-state index contributed by atoms with van der Waals surface area (Å²) in [5.41, 5.74) is 6.72. The van der Waals surface area contributed by atoms with E-state index < -0.39 is 0 Å². The van der Waals surface area contributed by atoms with E-state index >= 15 is 0 Å². The molecule has 1 saturated heterocycles. The Hall–Kier alpha value is -5.45. The van der Waals surface area contributed by atoms with Crippen molar-refractivity contribution < 1.29 is 9.53 Å². The number of thioether (sulfide) groups is 1. The third-order valence-electron chi connectivity index (χ3n) is 8.24. The molecule has 6 aromatic rings. The number of nitrogens with zero attached hydrogens (tertiary/aromatic N) is 5. The molecule has 3 heterocycles. The van der Waals surface area contributed by atoms with Crippen molar-refractivity contribution in [1.82, 2.24) is 19.1 Å². The molecule has 0 unspecified atom stereocenters. The van der Waals surface area contributed by atoms with E-state index in [1.165, 1.54) is 22.2 Å². The summed E-state index contributed by atoms with van der Waals surface area (Å²) in [7, 11) is 1.80. The van der Waals surface area contributed by atoms with Gasteiger partial charge >= 0.3 is 0 Å². The number of aromatic nitrogens is 4. The molecule has 1 aliphatic heterocycles. The van der Waals surface area contributed by atoms with Gasteiger partial charge in [-0.05, 0) is 74.0 Å². The van der Waals surface area contributed by atoms with Gasteiger partial charge in [-0.15, -0.1) is 0 Å². The molecule has 238 valence electrons. The molecule has 8 nitrogen and oxygen atoms in total. The summed E-state index contributed by atoms with van der Waals surface area (Å²) in [5.74, 6) is 0.387. The number of thiocarbonyl (C=S) groups is 1. The first-order valence-electron chi connectivity index (χ1n) is 15.3. The lowest BCUT2D eigenvalue weighted by Crippen LogP contribution is -2.33. The van der Waals surface area contributed by atoms with Crippen molar-refractivity contribution in [1.29, 1.82) is 0 Å². The molecule has 1 aliphatic rings. The average Bonchev–Trinajstić information content (AvgIpc) is 3.72. The number of para-hydroxylation sites is 2. The Kier molecular flexibility index (Phi) is 8.43. The second kappa shape index (κ2) is 13.0. The number of rotatable bonds is 8. The molecule has 48 heavy (non-hydrogen) atoms. The Labute approximate surface area is 287 Å². The molecule has 1 amide bonds. The van der Waals surface area contributed by atoms with Crippen LogP contribution in [0.3, 0.4) is 0 Å². The molecule has 0 bridgehead atoms. The number of hydrogen-bond donors (Lipinski definition) is 0. The molecule has 0 aliphatic carbocycles. The summed E-state index contributed by atoms with van der Waals surface area (Å²) in [4.78, 5) is 29.5. The number of carbonyl (C=O) groups is 1. The van der Waals surface area contributed by atoms with E-state index in [0.29, 0.717) is 32.9 Å². The van der Waals surface area contributed by atoms with Gasteiger partial charge in [0.15, 0.2) is 4.32 Å². The Morgan fingerprint density at radius 3 is 2.15 bits per heavy atom. The number of hydrogen-bond acceptors (Lipinski definition) is 6. The van der Waals surface area contributed by atoms with Gasteiger partial charge in [0.2, 0.25) is 0 Å². The first-order chi connectivity index (χ1) is 23.3. The van der Waals surface area contributed by atoms with E-state index in [-0.39, 0.29) is 17.2 Å². The van der Waals surface area contributed by atoms with Crippen molar-refractivity contribution in [3.63, 3.8) is 0 Å². The zero-order valence-corrected chi connectivity index (χ0v) is 28.2. The van der Waals surface area contributed by atoms with Crippen LogP contribution in [0.4, 0.5) is 5.69 Å². The van der Waals surface area contributed by atoms with Gasteiger partial charge in [-0.3, -0.25) is 19.2 Å². The van der Waals surface area contributed by atoms with Gasteiger partial charge in [0.1, 0.15) is 18.0 Å². The second-order valence-corrected chi connectivity index (χ2v) is 13.1. The van der Waals surface area contributed by atoms with Crippen LogP contribution >= 0.6 is 24.0 Å². The van der Waals surface area contributed by atoms with E-state index in [2.05, 4.69) is 31.2 Å². The predicted molar refractivity (Wildman–Crippen MR) is 196 cm³/mol. The van der Waals surface area contributed by atoms with Crippen molar-refractivity contribution in [2.24, 2.45) is 7.05 Å². The van der Waals surface area contributed by atoms with Crippen LogP contribution in [0.15, 0.2) is 125 Å². The molecule has 0 N–H and O–H groups in total. The summed E-state index contributed by atoms with van der Waals surface area (Å²) < 4.78 is 11.4. The molecule has 7 rings (SSSR count). The monoisotopic (exact) mass is 669 g/mol. The normalized spacial score (nSPS) is 13.9. The fourth-order valence-corrected chi connectivity index (χ4v) is 6.87. The van der Waals surface area contributed by atoms with Crippen molar-refractivity contribution in [3.05, 3.63) is 153 Å². The van der Waals surface area contributed by atoms with E-state index in [4.69, 9.17) is 22.1 Å². The quantitative estimate of drug-likeness (QED) is 0.123. The van der Waals surface area contributed by atoms with Crippen LogP contribution in [0.5, 0.6) is 5.75 Å². The highest BCUT2D eigenvalue weighted by atomic mass is 32.2. The summed E-state index contributed by atoms with van der Waals surface area (Å²) in [6.45, 7) is 4.34. The topological polar surface area (TPSA) is 74.3 Å². The van der Waals surface area contributed by atoms with Gasteiger partial charge in [0.25, 0.3) is 11.5 Å². The molecule has 1 fully saturated rings. The standard InChI is InChI=1S/C38H31N5O3S2/c1-25-14-16-27(17-15-25)24-46-32-20-18-28(19-21-32)34-29(23-41(39-34)30-10-6-4-7-11-30)22-33-36(44)42(38(47)48-33)35-26(2)40(3)43(37(35)45)31-12-8-5-9-13-31/h4-23H,24H2,1-3H3. The van der Waals surface area contributed by atoms with Crippen LogP contribution in [0.25, 0.3) is 28.7 Å². The maximum atomic E-state index is 14.0. The molecule has 0 saturated carbocycles. The molecular formula is C38H31N5O3S2. The number of benzene rings is 4. The zero-order valence-electron chi connectivity index (χ0n) is 26.5. The molecule has 4 aromatic carbocycles. The van der Waals surface area contributed by atoms with E-state index in [0.717, 1.165) is 28.1 Å². The first-order valence-corrected chi connectivity index (χ1v) is 16.6. The number of aryl methyl sites for hydroxylation is 1. The fraction of sp³-hybridized carbons (Fsp3) is 0.105. The van der Waals surface area contributed by atoms with Crippen molar-refractivity contribution >= 4 is 46.0 Å². The van der Waals surface area contributed by atoms with Gasteiger partial charge in [-0.1, -0.05) is 90.2 Å².